The molecule has 0 fully saturated rings. The average Bonchev–Trinajstić information content (AvgIpc) is 2.84. The van der Waals surface area contributed by atoms with Gasteiger partial charge in [-0.05, 0) is 12.5 Å². The van der Waals surface area contributed by atoms with Crippen molar-refractivity contribution in [1.29, 1.82) is 0 Å². The molecule has 0 aliphatic carbocycles. The maximum Gasteiger partial charge on any atom is 0.266 e. The van der Waals surface area contributed by atoms with Crippen molar-refractivity contribution in [1.82, 2.24) is 5.16 Å². The predicted octanol–water partition coefficient (Wildman–Crippen LogP) is 4.60. The number of allylic oxidation sites excluding steroid dienone is 1. The van der Waals surface area contributed by atoms with Gasteiger partial charge in [-0.2, -0.15) is 8.78 Å². The highest BCUT2D eigenvalue weighted by Crippen LogP contribution is 2.25. The second-order valence-electron chi connectivity index (χ2n) is 3.53. The van der Waals surface area contributed by atoms with Gasteiger partial charge in [-0.15, -0.1) is 0 Å². The number of thioether (sulfide) groups is 1. The SMILES string of the molecule is FC(F)=CCCSc1cc(-c2ccccc2)no1. The van der Waals surface area contributed by atoms with E-state index in [4.69, 9.17) is 4.52 Å². The van der Waals surface area contributed by atoms with E-state index in [-0.39, 0.29) is 0 Å². The quantitative estimate of drug-likeness (QED) is 0.584. The third-order valence-corrected chi connectivity index (χ3v) is 3.14. The molecule has 0 saturated carbocycles. The maximum atomic E-state index is 11.8. The summed E-state index contributed by atoms with van der Waals surface area (Å²) in [6, 6.07) is 11.5. The molecule has 94 valence electrons. The summed E-state index contributed by atoms with van der Waals surface area (Å²) in [6.07, 6.45) is -0.423. The number of nitrogens with zero attached hydrogens (tertiary/aromatic N) is 1. The molecule has 0 amide bonds. The fourth-order valence-corrected chi connectivity index (χ4v) is 2.12. The molecule has 2 nitrogen and oxygen atoms in total. The van der Waals surface area contributed by atoms with Gasteiger partial charge < -0.3 is 4.52 Å². The van der Waals surface area contributed by atoms with Gasteiger partial charge in [-0.3, -0.25) is 0 Å². The summed E-state index contributed by atoms with van der Waals surface area (Å²) in [5.41, 5.74) is 1.73. The van der Waals surface area contributed by atoms with Gasteiger partial charge in [0.1, 0.15) is 5.69 Å². The van der Waals surface area contributed by atoms with Gasteiger partial charge in [0.2, 0.25) is 0 Å². The van der Waals surface area contributed by atoms with E-state index in [1.165, 1.54) is 11.8 Å². The first-order valence-electron chi connectivity index (χ1n) is 5.42. The highest BCUT2D eigenvalue weighted by atomic mass is 32.2. The highest BCUT2D eigenvalue weighted by molar-refractivity contribution is 7.99. The van der Waals surface area contributed by atoms with E-state index in [1.54, 1.807) is 0 Å². The van der Waals surface area contributed by atoms with Crippen LogP contribution in [0, 0.1) is 0 Å². The van der Waals surface area contributed by atoms with Crippen molar-refractivity contribution in [3.8, 4) is 11.3 Å². The van der Waals surface area contributed by atoms with Crippen LogP contribution >= 0.6 is 11.8 Å². The Morgan fingerprint density at radius 3 is 2.78 bits per heavy atom. The highest BCUT2D eigenvalue weighted by Gasteiger charge is 2.06. The van der Waals surface area contributed by atoms with Crippen LogP contribution in [0.1, 0.15) is 6.42 Å². The van der Waals surface area contributed by atoms with Crippen molar-refractivity contribution in [2.24, 2.45) is 0 Å². The Labute approximate surface area is 108 Å². The Bertz CT molecular complexity index is 521. The van der Waals surface area contributed by atoms with Crippen LogP contribution in [0.5, 0.6) is 0 Å². The van der Waals surface area contributed by atoms with Crippen LogP contribution in [0.15, 0.2) is 58.2 Å². The topological polar surface area (TPSA) is 26.0 Å². The number of hydrogen-bond donors (Lipinski definition) is 0. The zero-order valence-corrected chi connectivity index (χ0v) is 10.3. The molecule has 1 aromatic carbocycles. The lowest BCUT2D eigenvalue weighted by atomic mass is 10.2. The monoisotopic (exact) mass is 267 g/mol. The standard InChI is InChI=1S/C13H11F2NOS/c14-12(15)7-4-8-18-13-9-11(16-17-13)10-5-2-1-3-6-10/h1-3,5-7,9H,4,8H2. The van der Waals surface area contributed by atoms with Crippen molar-refractivity contribution in [2.75, 3.05) is 5.75 Å². The summed E-state index contributed by atoms with van der Waals surface area (Å²) < 4.78 is 28.7. The molecule has 0 radical (unpaired) electrons. The van der Waals surface area contributed by atoms with Crippen LogP contribution in [0.4, 0.5) is 8.78 Å². The first-order valence-corrected chi connectivity index (χ1v) is 6.40. The molecule has 0 saturated heterocycles. The second kappa shape index (κ2) is 6.35. The van der Waals surface area contributed by atoms with Gasteiger partial charge in [-0.25, -0.2) is 0 Å². The number of hydrogen-bond acceptors (Lipinski definition) is 3. The minimum absolute atomic E-state index is 0.314. The van der Waals surface area contributed by atoms with Crippen molar-refractivity contribution >= 4 is 11.8 Å². The van der Waals surface area contributed by atoms with Crippen molar-refractivity contribution < 1.29 is 13.3 Å². The number of rotatable bonds is 5. The summed E-state index contributed by atoms with van der Waals surface area (Å²) in [4.78, 5) is 0. The molecule has 0 aliphatic heterocycles. The van der Waals surface area contributed by atoms with Crippen LogP contribution in [-0.4, -0.2) is 10.9 Å². The number of halogens is 2. The first kappa shape index (κ1) is 12.8. The first-order chi connectivity index (χ1) is 8.75. The van der Waals surface area contributed by atoms with Crippen LogP contribution in [0.25, 0.3) is 11.3 Å². The zero-order chi connectivity index (χ0) is 12.8. The zero-order valence-electron chi connectivity index (χ0n) is 9.48. The van der Waals surface area contributed by atoms with Crippen LogP contribution in [0.3, 0.4) is 0 Å². The molecule has 1 aromatic heterocycles. The molecule has 1 heterocycles. The lowest BCUT2D eigenvalue weighted by Gasteiger charge is -1.92. The fraction of sp³-hybridized carbons (Fsp3) is 0.154. The summed E-state index contributed by atoms with van der Waals surface area (Å²) in [6.45, 7) is 0. The minimum Gasteiger partial charge on any atom is -0.349 e. The van der Waals surface area contributed by atoms with Crippen LogP contribution < -0.4 is 0 Å². The van der Waals surface area contributed by atoms with E-state index in [9.17, 15) is 8.78 Å². The second-order valence-corrected chi connectivity index (χ2v) is 4.63. The molecule has 5 heteroatoms. The predicted molar refractivity (Wildman–Crippen MR) is 67.6 cm³/mol. The molecule has 0 spiro atoms. The normalized spacial score (nSPS) is 10.3. The van der Waals surface area contributed by atoms with Gasteiger partial charge in [0.05, 0.1) is 0 Å². The fourth-order valence-electron chi connectivity index (χ4n) is 1.40. The Morgan fingerprint density at radius 2 is 2.06 bits per heavy atom. The molecule has 18 heavy (non-hydrogen) atoms. The van der Waals surface area contributed by atoms with E-state index >= 15 is 0 Å². The number of aromatic nitrogens is 1. The molecule has 0 unspecified atom stereocenters. The largest absolute Gasteiger partial charge is 0.349 e. The lowest BCUT2D eigenvalue weighted by Crippen LogP contribution is -1.75. The molecule has 0 atom stereocenters. The van der Waals surface area contributed by atoms with Crippen molar-refractivity contribution in [3.63, 3.8) is 0 Å². The Kier molecular flexibility index (Phi) is 4.52. The average molecular weight is 267 g/mol. The maximum absolute atomic E-state index is 11.8. The molecule has 2 aromatic rings. The summed E-state index contributed by atoms with van der Waals surface area (Å²) in [5, 5.41) is 4.58. The van der Waals surface area contributed by atoms with E-state index in [0.717, 1.165) is 17.3 Å². The minimum atomic E-state index is -1.64. The van der Waals surface area contributed by atoms with Crippen LogP contribution in [0.2, 0.25) is 0 Å². The van der Waals surface area contributed by atoms with Crippen molar-refractivity contribution in [3.05, 3.63) is 48.6 Å². The lowest BCUT2D eigenvalue weighted by molar-refractivity contribution is 0.351. The van der Waals surface area contributed by atoms with Crippen LogP contribution in [-0.2, 0) is 0 Å². The summed E-state index contributed by atoms with van der Waals surface area (Å²) >= 11 is 1.37. The Balaban J connectivity index is 1.93. The Morgan fingerprint density at radius 1 is 1.28 bits per heavy atom. The number of benzene rings is 1. The molecule has 0 bridgehead atoms. The van der Waals surface area contributed by atoms with Crippen molar-refractivity contribution in [2.45, 2.75) is 11.5 Å². The van der Waals surface area contributed by atoms with E-state index in [1.807, 2.05) is 36.4 Å². The molecule has 0 N–H and O–H groups in total. The van der Waals surface area contributed by atoms with Gasteiger partial charge >= 0.3 is 0 Å². The summed E-state index contributed by atoms with van der Waals surface area (Å²) in [5.74, 6) is 0.542. The smallest absolute Gasteiger partial charge is 0.266 e. The molecule has 0 aliphatic rings. The Hall–Kier alpha value is -1.62. The summed E-state index contributed by atoms with van der Waals surface area (Å²) in [7, 11) is 0. The molecule has 2 rings (SSSR count). The van der Waals surface area contributed by atoms with Gasteiger partial charge in [-0.1, -0.05) is 47.3 Å². The molecular weight excluding hydrogens is 256 g/mol. The van der Waals surface area contributed by atoms with E-state index in [0.29, 0.717) is 17.3 Å². The van der Waals surface area contributed by atoms with Gasteiger partial charge in [0.25, 0.3) is 6.08 Å². The van der Waals surface area contributed by atoms with Gasteiger partial charge in [0, 0.05) is 17.4 Å². The molecular formula is C13H11F2NOS. The van der Waals surface area contributed by atoms with E-state index < -0.39 is 6.08 Å². The van der Waals surface area contributed by atoms with E-state index in [2.05, 4.69) is 5.16 Å². The van der Waals surface area contributed by atoms with Gasteiger partial charge in [0.15, 0.2) is 5.09 Å². The third-order valence-electron chi connectivity index (χ3n) is 2.22. The third kappa shape index (κ3) is 3.70.